The van der Waals surface area contributed by atoms with Crippen LogP contribution in [0.4, 0.5) is 13.2 Å². The average Bonchev–Trinajstić information content (AvgIpc) is 2.76. The second kappa shape index (κ2) is 10.7. The molecule has 1 N–H and O–H groups in total. The highest BCUT2D eigenvalue weighted by atomic mass is 32.2. The Morgan fingerprint density at radius 2 is 1.65 bits per heavy atom. The van der Waals surface area contributed by atoms with Gasteiger partial charge in [0, 0.05) is 23.7 Å². The van der Waals surface area contributed by atoms with Crippen molar-refractivity contribution in [2.45, 2.75) is 16.9 Å². The molecule has 5 nitrogen and oxygen atoms in total. The summed E-state index contributed by atoms with van der Waals surface area (Å²) >= 11 is -0.313. The van der Waals surface area contributed by atoms with Crippen molar-refractivity contribution < 1.29 is 27.4 Å². The van der Waals surface area contributed by atoms with Gasteiger partial charge in [-0.25, -0.2) is 4.98 Å². The number of alkyl halides is 3. The van der Waals surface area contributed by atoms with Gasteiger partial charge in [0.05, 0.1) is 5.56 Å². The van der Waals surface area contributed by atoms with Gasteiger partial charge in [-0.1, -0.05) is 36.4 Å². The minimum atomic E-state index is -4.47. The molecule has 0 bridgehead atoms. The summed E-state index contributed by atoms with van der Waals surface area (Å²) in [6, 6.07) is 18.3. The van der Waals surface area contributed by atoms with Crippen molar-refractivity contribution in [2.75, 3.05) is 13.2 Å². The summed E-state index contributed by atoms with van der Waals surface area (Å²) in [5.41, 5.74) is -3.82. The lowest BCUT2D eigenvalue weighted by Crippen LogP contribution is -2.23. The molecular formula is C22H19F3N2O3S. The van der Waals surface area contributed by atoms with Crippen LogP contribution in [0, 0.1) is 0 Å². The van der Waals surface area contributed by atoms with Crippen LogP contribution >= 0.6 is 11.8 Å². The molecule has 0 atom stereocenters. The van der Waals surface area contributed by atoms with E-state index >= 15 is 0 Å². The van der Waals surface area contributed by atoms with Crippen LogP contribution < -0.4 is 14.8 Å². The Kier molecular flexibility index (Phi) is 7.77. The third-order valence-corrected chi connectivity index (χ3v) is 4.76. The number of para-hydroxylation sites is 1. The van der Waals surface area contributed by atoms with E-state index in [2.05, 4.69) is 10.3 Å². The van der Waals surface area contributed by atoms with E-state index in [4.69, 9.17) is 9.47 Å². The summed E-state index contributed by atoms with van der Waals surface area (Å²) in [6.45, 7) is 0.790. The maximum absolute atomic E-state index is 12.7. The monoisotopic (exact) mass is 448 g/mol. The zero-order chi connectivity index (χ0) is 22.1. The first kappa shape index (κ1) is 22.5. The van der Waals surface area contributed by atoms with Gasteiger partial charge >= 0.3 is 5.51 Å². The van der Waals surface area contributed by atoms with Crippen molar-refractivity contribution in [1.29, 1.82) is 0 Å². The minimum Gasteiger partial charge on any atom is -0.490 e. The van der Waals surface area contributed by atoms with Crippen LogP contribution in [0.15, 0.2) is 77.8 Å². The molecule has 0 unspecified atom stereocenters. The molecule has 162 valence electrons. The van der Waals surface area contributed by atoms with Gasteiger partial charge in [0.25, 0.3) is 5.91 Å². The van der Waals surface area contributed by atoms with Crippen LogP contribution in [-0.4, -0.2) is 29.6 Å². The molecule has 0 radical (unpaired) electrons. The molecule has 9 heteroatoms. The number of thioether (sulfide) groups is 1. The molecule has 31 heavy (non-hydrogen) atoms. The molecule has 1 aromatic heterocycles. The summed E-state index contributed by atoms with van der Waals surface area (Å²) in [6.07, 6.45) is 1.53. The quantitative estimate of drug-likeness (QED) is 0.365. The number of carbonyl (C=O) groups is 1. The van der Waals surface area contributed by atoms with E-state index in [0.29, 0.717) is 24.7 Å². The molecule has 0 aliphatic heterocycles. The number of ether oxygens (including phenoxy) is 2. The number of rotatable bonds is 9. The van der Waals surface area contributed by atoms with Crippen molar-refractivity contribution in [2.24, 2.45) is 0 Å². The topological polar surface area (TPSA) is 60.5 Å². The van der Waals surface area contributed by atoms with Crippen molar-refractivity contribution >= 4 is 17.7 Å². The number of nitrogens with zero attached hydrogens (tertiary/aromatic N) is 1. The molecule has 0 aliphatic carbocycles. The SMILES string of the molecule is O=C(NCc1ccc(OCCOc2ccccc2)nc1)c1ccccc1SC(F)(F)F. The average molecular weight is 448 g/mol. The van der Waals surface area contributed by atoms with Gasteiger partial charge in [0.2, 0.25) is 5.88 Å². The number of amides is 1. The lowest BCUT2D eigenvalue weighted by molar-refractivity contribution is -0.0328. The van der Waals surface area contributed by atoms with E-state index in [1.54, 1.807) is 12.1 Å². The fraction of sp³-hybridized carbons (Fsp3) is 0.182. The largest absolute Gasteiger partial charge is 0.490 e. The minimum absolute atomic E-state index is 0.0313. The van der Waals surface area contributed by atoms with Crippen molar-refractivity contribution in [3.63, 3.8) is 0 Å². The highest BCUT2D eigenvalue weighted by Crippen LogP contribution is 2.38. The zero-order valence-corrected chi connectivity index (χ0v) is 17.1. The molecule has 0 aliphatic rings. The van der Waals surface area contributed by atoms with Crippen LogP contribution in [0.25, 0.3) is 0 Å². The summed E-state index contributed by atoms with van der Waals surface area (Å²) in [5.74, 6) is 0.560. The Morgan fingerprint density at radius 1 is 0.935 bits per heavy atom. The van der Waals surface area contributed by atoms with Crippen LogP contribution in [0.1, 0.15) is 15.9 Å². The fourth-order valence-corrected chi connectivity index (χ4v) is 3.24. The smallest absolute Gasteiger partial charge is 0.446 e. The molecule has 3 rings (SSSR count). The third-order valence-electron chi connectivity index (χ3n) is 3.95. The molecule has 2 aromatic carbocycles. The number of hydrogen-bond acceptors (Lipinski definition) is 5. The maximum atomic E-state index is 12.7. The second-order valence-electron chi connectivity index (χ2n) is 6.24. The Hall–Kier alpha value is -3.20. The Bertz CT molecular complexity index is 983. The molecule has 0 saturated heterocycles. The Balaban J connectivity index is 1.46. The molecule has 3 aromatic rings. The number of hydrogen-bond donors (Lipinski definition) is 1. The molecular weight excluding hydrogens is 429 g/mol. The molecule has 0 spiro atoms. The number of aromatic nitrogens is 1. The van der Waals surface area contributed by atoms with E-state index in [1.807, 2.05) is 30.3 Å². The summed E-state index contributed by atoms with van der Waals surface area (Å²) in [7, 11) is 0. The highest BCUT2D eigenvalue weighted by molar-refractivity contribution is 8.00. The Labute approximate surface area is 181 Å². The normalized spacial score (nSPS) is 11.1. The van der Waals surface area contributed by atoms with E-state index in [1.165, 1.54) is 30.5 Å². The predicted octanol–water partition coefficient (Wildman–Crippen LogP) is 5.08. The molecule has 1 amide bonds. The van der Waals surface area contributed by atoms with Crippen LogP contribution in [0.3, 0.4) is 0 Å². The first-order valence-corrected chi connectivity index (χ1v) is 10.1. The number of halogens is 3. The van der Waals surface area contributed by atoms with Gasteiger partial charge in [0.15, 0.2) is 0 Å². The molecule has 0 fully saturated rings. The van der Waals surface area contributed by atoms with Crippen molar-refractivity contribution in [1.82, 2.24) is 10.3 Å². The van der Waals surface area contributed by atoms with Gasteiger partial charge in [-0.2, -0.15) is 13.2 Å². The third kappa shape index (κ3) is 7.53. The van der Waals surface area contributed by atoms with E-state index in [-0.39, 0.29) is 28.8 Å². The number of carbonyl (C=O) groups excluding carboxylic acids is 1. The summed E-state index contributed by atoms with van der Waals surface area (Å²) in [4.78, 5) is 16.3. The van der Waals surface area contributed by atoms with Gasteiger partial charge in [-0.15, -0.1) is 0 Å². The summed E-state index contributed by atoms with van der Waals surface area (Å²) < 4.78 is 49.1. The molecule has 1 heterocycles. The van der Waals surface area contributed by atoms with Gasteiger partial charge in [0.1, 0.15) is 19.0 Å². The van der Waals surface area contributed by atoms with Gasteiger partial charge in [-0.3, -0.25) is 4.79 Å². The lowest BCUT2D eigenvalue weighted by Gasteiger charge is -2.11. The predicted molar refractivity (Wildman–Crippen MR) is 111 cm³/mol. The van der Waals surface area contributed by atoms with E-state index in [0.717, 1.165) is 5.75 Å². The first-order chi connectivity index (χ1) is 14.9. The second-order valence-corrected chi connectivity index (χ2v) is 7.35. The maximum Gasteiger partial charge on any atom is 0.446 e. The number of benzene rings is 2. The van der Waals surface area contributed by atoms with Crippen LogP contribution in [0.2, 0.25) is 0 Å². The van der Waals surface area contributed by atoms with E-state index in [9.17, 15) is 18.0 Å². The highest BCUT2D eigenvalue weighted by Gasteiger charge is 2.31. The Morgan fingerprint density at radius 3 is 2.35 bits per heavy atom. The van der Waals surface area contributed by atoms with Crippen molar-refractivity contribution in [3.05, 3.63) is 84.1 Å². The zero-order valence-electron chi connectivity index (χ0n) is 16.3. The lowest BCUT2D eigenvalue weighted by atomic mass is 10.2. The van der Waals surface area contributed by atoms with Crippen LogP contribution in [-0.2, 0) is 6.54 Å². The number of pyridine rings is 1. The number of nitrogens with one attached hydrogen (secondary N) is 1. The fourth-order valence-electron chi connectivity index (χ4n) is 2.57. The van der Waals surface area contributed by atoms with E-state index < -0.39 is 11.4 Å². The van der Waals surface area contributed by atoms with Crippen molar-refractivity contribution in [3.8, 4) is 11.6 Å². The van der Waals surface area contributed by atoms with Gasteiger partial charge in [-0.05, 0) is 41.6 Å². The summed E-state index contributed by atoms with van der Waals surface area (Å²) in [5, 5.41) is 2.61. The molecule has 0 saturated carbocycles. The standard InChI is InChI=1S/C22H19F3N2O3S/c23-22(24,25)31-19-9-5-4-8-18(19)21(28)27-15-16-10-11-20(26-14-16)30-13-12-29-17-6-2-1-3-7-17/h1-11,14H,12-13,15H2,(H,27,28). The van der Waals surface area contributed by atoms with Crippen LogP contribution in [0.5, 0.6) is 11.6 Å². The van der Waals surface area contributed by atoms with Gasteiger partial charge < -0.3 is 14.8 Å². The first-order valence-electron chi connectivity index (χ1n) is 9.29.